The molecule has 1 aliphatic heterocycles. The van der Waals surface area contributed by atoms with Gasteiger partial charge in [-0.3, -0.25) is 9.59 Å². The monoisotopic (exact) mass is 370 g/mol. The highest BCUT2D eigenvalue weighted by Gasteiger charge is 2.25. The van der Waals surface area contributed by atoms with Crippen molar-refractivity contribution >= 4 is 28.3 Å². The molecule has 0 bridgehead atoms. The number of fused-ring (bicyclic) bond motifs is 3. The lowest BCUT2D eigenvalue weighted by Gasteiger charge is -2.26. The summed E-state index contributed by atoms with van der Waals surface area (Å²) in [6, 6.07) is 4.70. The van der Waals surface area contributed by atoms with Crippen LogP contribution in [0.1, 0.15) is 48.2 Å². The lowest BCUT2D eigenvalue weighted by atomic mass is 9.91. The number of aromatic amines is 1. The van der Waals surface area contributed by atoms with Gasteiger partial charge < -0.3 is 21.4 Å². The molecule has 0 atom stereocenters. The molecule has 7 heteroatoms. The molecule has 142 valence electrons. The lowest BCUT2D eigenvalue weighted by Crippen LogP contribution is -2.39. The van der Waals surface area contributed by atoms with E-state index in [1.165, 1.54) is 12.1 Å². The third kappa shape index (κ3) is 3.60. The minimum absolute atomic E-state index is 0.125. The van der Waals surface area contributed by atoms with Crippen molar-refractivity contribution in [3.05, 3.63) is 41.3 Å². The number of hydrogen-bond donors (Lipinski definition) is 4. The number of halogens is 1. The summed E-state index contributed by atoms with van der Waals surface area (Å²) in [4.78, 5) is 28.0. The highest BCUT2D eigenvalue weighted by molar-refractivity contribution is 6.10. The van der Waals surface area contributed by atoms with Crippen molar-refractivity contribution < 1.29 is 14.0 Å². The van der Waals surface area contributed by atoms with E-state index in [9.17, 15) is 14.0 Å². The van der Waals surface area contributed by atoms with Crippen LogP contribution in [0.25, 0.3) is 16.5 Å². The summed E-state index contributed by atoms with van der Waals surface area (Å²) >= 11 is 0. The van der Waals surface area contributed by atoms with E-state index in [1.54, 1.807) is 12.1 Å². The first-order valence-corrected chi connectivity index (χ1v) is 9.37. The van der Waals surface area contributed by atoms with E-state index >= 15 is 0 Å². The standard InChI is InChI=1S/C20H23FN4O2/c21-12-1-6-16-15(10-12)18-11(7-8-23-20(27)19(18)25-16)9-17(26)24-14-4-2-13(22)3-5-14/h1,6,9-10,13-14,25H,2-5,7-8,22H2,(H,23,27)(H,24,26)/b11-9+. The summed E-state index contributed by atoms with van der Waals surface area (Å²) in [6.45, 7) is 0.426. The number of H-pyrrole nitrogens is 1. The molecule has 6 nitrogen and oxygen atoms in total. The molecule has 2 aromatic rings. The van der Waals surface area contributed by atoms with Gasteiger partial charge in [0.05, 0.1) is 0 Å². The predicted octanol–water partition coefficient (Wildman–Crippen LogP) is 2.21. The molecule has 1 fully saturated rings. The Hall–Kier alpha value is -2.67. The van der Waals surface area contributed by atoms with Gasteiger partial charge in [0.15, 0.2) is 0 Å². The fourth-order valence-electron chi connectivity index (χ4n) is 4.00. The summed E-state index contributed by atoms with van der Waals surface area (Å²) in [5, 5.41) is 6.47. The van der Waals surface area contributed by atoms with Gasteiger partial charge in [-0.15, -0.1) is 0 Å². The summed E-state index contributed by atoms with van der Waals surface area (Å²) in [5.74, 6) is -0.806. The molecule has 1 aromatic heterocycles. The number of rotatable bonds is 2. The van der Waals surface area contributed by atoms with Crippen LogP contribution in [0.15, 0.2) is 24.3 Å². The van der Waals surface area contributed by atoms with Crippen LogP contribution in [0, 0.1) is 5.82 Å². The van der Waals surface area contributed by atoms with Crippen molar-refractivity contribution in [1.82, 2.24) is 15.6 Å². The van der Waals surface area contributed by atoms with E-state index in [0.717, 1.165) is 31.3 Å². The highest BCUT2D eigenvalue weighted by Crippen LogP contribution is 2.33. The van der Waals surface area contributed by atoms with Gasteiger partial charge in [0.1, 0.15) is 11.5 Å². The van der Waals surface area contributed by atoms with Crippen LogP contribution in [0.5, 0.6) is 0 Å². The van der Waals surface area contributed by atoms with Gasteiger partial charge in [0.2, 0.25) is 5.91 Å². The second-order valence-electron chi connectivity index (χ2n) is 7.36. The summed E-state index contributed by atoms with van der Waals surface area (Å²) in [6.07, 6.45) is 5.62. The Morgan fingerprint density at radius 2 is 2.04 bits per heavy atom. The molecular formula is C20H23FN4O2. The fourth-order valence-corrected chi connectivity index (χ4v) is 4.00. The van der Waals surface area contributed by atoms with Crippen molar-refractivity contribution in [3.8, 4) is 0 Å². The number of carbonyl (C=O) groups excluding carboxylic acids is 2. The molecule has 2 aliphatic rings. The smallest absolute Gasteiger partial charge is 0.268 e. The maximum Gasteiger partial charge on any atom is 0.268 e. The van der Waals surface area contributed by atoms with Gasteiger partial charge >= 0.3 is 0 Å². The van der Waals surface area contributed by atoms with E-state index in [-0.39, 0.29) is 29.7 Å². The first-order chi connectivity index (χ1) is 13.0. The highest BCUT2D eigenvalue weighted by atomic mass is 19.1. The summed E-state index contributed by atoms with van der Waals surface area (Å²) in [7, 11) is 0. The Bertz CT molecular complexity index is 925. The number of amides is 2. The van der Waals surface area contributed by atoms with E-state index in [2.05, 4.69) is 15.6 Å². The van der Waals surface area contributed by atoms with E-state index in [0.29, 0.717) is 35.1 Å². The van der Waals surface area contributed by atoms with Crippen molar-refractivity contribution in [2.45, 2.75) is 44.2 Å². The molecule has 2 heterocycles. The van der Waals surface area contributed by atoms with Crippen LogP contribution >= 0.6 is 0 Å². The van der Waals surface area contributed by atoms with Crippen LogP contribution in [-0.4, -0.2) is 35.4 Å². The summed E-state index contributed by atoms with van der Waals surface area (Å²) < 4.78 is 13.8. The molecule has 27 heavy (non-hydrogen) atoms. The van der Waals surface area contributed by atoms with Crippen LogP contribution < -0.4 is 16.4 Å². The number of nitrogens with one attached hydrogen (secondary N) is 3. The van der Waals surface area contributed by atoms with Crippen molar-refractivity contribution in [3.63, 3.8) is 0 Å². The number of benzene rings is 1. The van der Waals surface area contributed by atoms with E-state index in [1.807, 2.05) is 0 Å². The van der Waals surface area contributed by atoms with Gasteiger partial charge in [-0.1, -0.05) is 0 Å². The second-order valence-corrected chi connectivity index (χ2v) is 7.36. The molecular weight excluding hydrogens is 347 g/mol. The average molecular weight is 370 g/mol. The Morgan fingerprint density at radius 3 is 2.81 bits per heavy atom. The molecule has 4 rings (SSSR count). The van der Waals surface area contributed by atoms with Crippen LogP contribution in [-0.2, 0) is 4.79 Å². The summed E-state index contributed by atoms with van der Waals surface area (Å²) in [5.41, 5.74) is 8.30. The largest absolute Gasteiger partial charge is 0.350 e. The molecule has 1 aromatic carbocycles. The van der Waals surface area contributed by atoms with Crippen molar-refractivity contribution in [2.24, 2.45) is 5.73 Å². The number of nitrogens with two attached hydrogens (primary N) is 1. The minimum atomic E-state index is -0.378. The lowest BCUT2D eigenvalue weighted by molar-refractivity contribution is -0.117. The molecule has 0 radical (unpaired) electrons. The fraction of sp³-hybridized carbons (Fsp3) is 0.400. The molecule has 2 amide bonds. The van der Waals surface area contributed by atoms with Crippen molar-refractivity contribution in [1.29, 1.82) is 0 Å². The maximum absolute atomic E-state index is 13.8. The van der Waals surface area contributed by atoms with Crippen molar-refractivity contribution in [2.75, 3.05) is 6.54 Å². The topological polar surface area (TPSA) is 100 Å². The third-order valence-corrected chi connectivity index (χ3v) is 5.41. The average Bonchev–Trinajstić information content (AvgIpc) is 2.94. The zero-order valence-corrected chi connectivity index (χ0v) is 15.0. The Kier molecular flexibility index (Phi) is 4.70. The SMILES string of the molecule is NC1CCC(NC(=O)/C=C2\CCNC(=O)c3[nH]c4ccc(F)cc4c32)CC1. The normalized spacial score (nSPS) is 24.4. The first kappa shape index (κ1) is 17.7. The minimum Gasteiger partial charge on any atom is -0.350 e. The third-order valence-electron chi connectivity index (χ3n) is 5.41. The van der Waals surface area contributed by atoms with Gasteiger partial charge in [0, 0.05) is 41.2 Å². The van der Waals surface area contributed by atoms with Gasteiger partial charge in [-0.05, 0) is 55.9 Å². The number of hydrogen-bond acceptors (Lipinski definition) is 3. The zero-order chi connectivity index (χ0) is 19.0. The molecule has 1 aliphatic carbocycles. The molecule has 0 spiro atoms. The van der Waals surface area contributed by atoms with Gasteiger partial charge in [-0.2, -0.15) is 0 Å². The van der Waals surface area contributed by atoms with E-state index in [4.69, 9.17) is 5.73 Å². The molecule has 0 unspecified atom stereocenters. The predicted molar refractivity (Wildman–Crippen MR) is 102 cm³/mol. The molecule has 5 N–H and O–H groups in total. The first-order valence-electron chi connectivity index (χ1n) is 9.37. The Labute approximate surface area is 156 Å². The number of carbonyl (C=O) groups is 2. The van der Waals surface area contributed by atoms with Gasteiger partial charge in [-0.25, -0.2) is 4.39 Å². The quantitative estimate of drug-likeness (QED) is 0.610. The van der Waals surface area contributed by atoms with Crippen LogP contribution in [0.3, 0.4) is 0 Å². The zero-order valence-electron chi connectivity index (χ0n) is 15.0. The Morgan fingerprint density at radius 1 is 1.26 bits per heavy atom. The Balaban J connectivity index is 1.66. The van der Waals surface area contributed by atoms with Gasteiger partial charge in [0.25, 0.3) is 5.91 Å². The van der Waals surface area contributed by atoms with E-state index < -0.39 is 0 Å². The molecule has 1 saturated carbocycles. The number of aromatic nitrogens is 1. The van der Waals surface area contributed by atoms with Crippen LogP contribution in [0.2, 0.25) is 0 Å². The molecule has 0 saturated heterocycles. The van der Waals surface area contributed by atoms with Crippen LogP contribution in [0.4, 0.5) is 4.39 Å². The maximum atomic E-state index is 13.8. The second kappa shape index (κ2) is 7.15.